The topological polar surface area (TPSA) is 75.4 Å². The lowest BCUT2D eigenvalue weighted by molar-refractivity contribution is -0.143. The van der Waals surface area contributed by atoms with Crippen LogP contribution in [0.1, 0.15) is 76.0 Å². The van der Waals surface area contributed by atoms with Crippen LogP contribution >= 0.6 is 0 Å². The molecular weight excluding hydrogens is 294 g/mol. The maximum absolute atomic E-state index is 12.8. The molecule has 0 unspecified atom stereocenters. The highest BCUT2D eigenvalue weighted by Crippen LogP contribution is 2.25. The van der Waals surface area contributed by atoms with Gasteiger partial charge in [0.15, 0.2) is 5.69 Å². The number of nitrogens with zero attached hydrogens (tertiary/aromatic N) is 3. The monoisotopic (exact) mass is 321 g/mol. The number of likely N-dealkylation sites (tertiary alicyclic amines) is 1. The smallest absolute Gasteiger partial charge is 0.326 e. The lowest BCUT2D eigenvalue weighted by atomic mass is 10.0. The van der Waals surface area contributed by atoms with Gasteiger partial charge in [-0.05, 0) is 52.0 Å². The molecule has 23 heavy (non-hydrogen) atoms. The van der Waals surface area contributed by atoms with Crippen molar-refractivity contribution in [3.63, 3.8) is 0 Å². The fourth-order valence-corrected chi connectivity index (χ4v) is 3.03. The molecule has 1 aromatic heterocycles. The van der Waals surface area contributed by atoms with E-state index in [-0.39, 0.29) is 17.4 Å². The Balaban J connectivity index is 2.37. The number of hydrogen-bond donors (Lipinski definition) is 1. The maximum atomic E-state index is 12.8. The zero-order chi connectivity index (χ0) is 17.4. The quantitative estimate of drug-likeness (QED) is 0.929. The van der Waals surface area contributed by atoms with Crippen molar-refractivity contribution in [2.45, 2.75) is 71.4 Å². The second-order valence-corrected chi connectivity index (χ2v) is 7.54. The van der Waals surface area contributed by atoms with E-state index in [9.17, 15) is 14.7 Å². The molecule has 2 heterocycles. The van der Waals surface area contributed by atoms with Gasteiger partial charge >= 0.3 is 5.97 Å². The molecule has 1 N–H and O–H groups in total. The molecule has 1 atom stereocenters. The van der Waals surface area contributed by atoms with Gasteiger partial charge in [-0.15, -0.1) is 0 Å². The van der Waals surface area contributed by atoms with Crippen LogP contribution in [0.2, 0.25) is 0 Å². The van der Waals surface area contributed by atoms with Crippen molar-refractivity contribution < 1.29 is 14.7 Å². The first-order valence-corrected chi connectivity index (χ1v) is 8.27. The van der Waals surface area contributed by atoms with Gasteiger partial charge in [0.25, 0.3) is 5.91 Å². The summed E-state index contributed by atoms with van der Waals surface area (Å²) in [6.07, 6.45) is 2.19. The van der Waals surface area contributed by atoms with Crippen molar-refractivity contribution in [2.75, 3.05) is 6.54 Å². The number of piperidine rings is 1. The molecule has 1 aliphatic rings. The van der Waals surface area contributed by atoms with Crippen LogP contribution in [0.25, 0.3) is 0 Å². The Morgan fingerprint density at radius 2 is 1.96 bits per heavy atom. The number of aliphatic carboxylic acids is 1. The van der Waals surface area contributed by atoms with E-state index in [4.69, 9.17) is 0 Å². The number of aromatic nitrogens is 2. The highest BCUT2D eigenvalue weighted by molar-refractivity contribution is 5.95. The zero-order valence-corrected chi connectivity index (χ0v) is 14.7. The minimum Gasteiger partial charge on any atom is -0.480 e. The summed E-state index contributed by atoms with van der Waals surface area (Å²) >= 11 is 0. The van der Waals surface area contributed by atoms with Gasteiger partial charge in [0.2, 0.25) is 0 Å². The largest absolute Gasteiger partial charge is 0.480 e. The summed E-state index contributed by atoms with van der Waals surface area (Å²) in [6, 6.07) is 1.07. The summed E-state index contributed by atoms with van der Waals surface area (Å²) in [4.78, 5) is 25.7. The second kappa shape index (κ2) is 6.34. The SMILES string of the molecule is CC(C)c1cc(C(=O)N2CCCC[C@@H]2C(=O)O)nn1C(C)(C)C. The van der Waals surface area contributed by atoms with E-state index in [0.717, 1.165) is 18.5 Å². The van der Waals surface area contributed by atoms with E-state index < -0.39 is 12.0 Å². The molecule has 1 aromatic rings. The molecular formula is C17H27N3O3. The van der Waals surface area contributed by atoms with Crippen LogP contribution < -0.4 is 0 Å². The zero-order valence-electron chi connectivity index (χ0n) is 14.7. The van der Waals surface area contributed by atoms with Gasteiger partial charge in [-0.3, -0.25) is 9.48 Å². The third kappa shape index (κ3) is 3.57. The Morgan fingerprint density at radius 1 is 1.30 bits per heavy atom. The Morgan fingerprint density at radius 3 is 2.43 bits per heavy atom. The third-order valence-electron chi connectivity index (χ3n) is 4.23. The molecule has 1 fully saturated rings. The van der Waals surface area contributed by atoms with Gasteiger partial charge in [-0.1, -0.05) is 13.8 Å². The standard InChI is InChI=1S/C17H27N3O3/c1-11(2)14-10-12(18-20(14)17(3,4)5)15(21)19-9-7-6-8-13(19)16(22)23/h10-11,13H,6-9H2,1-5H3,(H,22,23)/t13-/m1/s1. The van der Waals surface area contributed by atoms with Crippen molar-refractivity contribution in [2.24, 2.45) is 0 Å². The molecule has 6 nitrogen and oxygen atoms in total. The molecule has 0 aromatic carbocycles. The van der Waals surface area contributed by atoms with Crippen molar-refractivity contribution in [3.8, 4) is 0 Å². The summed E-state index contributed by atoms with van der Waals surface area (Å²) in [7, 11) is 0. The fourth-order valence-electron chi connectivity index (χ4n) is 3.03. The number of amides is 1. The molecule has 2 rings (SSSR count). The summed E-state index contributed by atoms with van der Waals surface area (Å²) in [6.45, 7) is 10.7. The molecule has 1 aliphatic heterocycles. The normalized spacial score (nSPS) is 19.2. The molecule has 0 saturated carbocycles. The Kier molecular flexibility index (Phi) is 4.82. The lowest BCUT2D eigenvalue weighted by Gasteiger charge is -2.32. The summed E-state index contributed by atoms with van der Waals surface area (Å²) < 4.78 is 1.88. The van der Waals surface area contributed by atoms with Crippen molar-refractivity contribution in [1.29, 1.82) is 0 Å². The number of carbonyl (C=O) groups is 2. The molecule has 6 heteroatoms. The van der Waals surface area contributed by atoms with E-state index >= 15 is 0 Å². The van der Waals surface area contributed by atoms with Crippen molar-refractivity contribution >= 4 is 11.9 Å². The van der Waals surface area contributed by atoms with Gasteiger partial charge < -0.3 is 10.0 Å². The molecule has 1 amide bonds. The van der Waals surface area contributed by atoms with E-state index in [1.54, 1.807) is 0 Å². The molecule has 0 radical (unpaired) electrons. The number of carboxylic acids is 1. The molecule has 128 valence electrons. The first-order chi connectivity index (χ1) is 10.6. The summed E-state index contributed by atoms with van der Waals surface area (Å²) in [5.41, 5.74) is 1.10. The first kappa shape index (κ1) is 17.5. The number of hydrogen-bond acceptors (Lipinski definition) is 3. The molecule has 0 aliphatic carbocycles. The highest BCUT2D eigenvalue weighted by atomic mass is 16.4. The van der Waals surface area contributed by atoms with Crippen LogP contribution in [-0.4, -0.2) is 44.3 Å². The van der Waals surface area contributed by atoms with Crippen LogP contribution in [0, 0.1) is 0 Å². The van der Waals surface area contributed by atoms with Crippen LogP contribution in [0.3, 0.4) is 0 Å². The average Bonchev–Trinajstić information content (AvgIpc) is 2.92. The lowest BCUT2D eigenvalue weighted by Crippen LogP contribution is -2.48. The Bertz CT molecular complexity index is 599. The van der Waals surface area contributed by atoms with Gasteiger partial charge in [-0.25, -0.2) is 4.79 Å². The number of carboxylic acid groups (broad SMARTS) is 1. The van der Waals surface area contributed by atoms with Crippen molar-refractivity contribution in [3.05, 3.63) is 17.5 Å². The van der Waals surface area contributed by atoms with Crippen LogP contribution in [0.4, 0.5) is 0 Å². The van der Waals surface area contributed by atoms with Crippen molar-refractivity contribution in [1.82, 2.24) is 14.7 Å². The first-order valence-electron chi connectivity index (χ1n) is 8.27. The van der Waals surface area contributed by atoms with Crippen LogP contribution in [0.15, 0.2) is 6.07 Å². The predicted octanol–water partition coefficient (Wildman–Crippen LogP) is 2.84. The number of carbonyl (C=O) groups excluding carboxylic acids is 1. The fraction of sp³-hybridized carbons (Fsp3) is 0.706. The minimum absolute atomic E-state index is 0.230. The predicted molar refractivity (Wildman–Crippen MR) is 87.6 cm³/mol. The van der Waals surface area contributed by atoms with E-state index in [0.29, 0.717) is 18.7 Å². The van der Waals surface area contributed by atoms with Gasteiger partial charge in [0.05, 0.1) is 5.54 Å². The Hall–Kier alpha value is -1.85. The maximum Gasteiger partial charge on any atom is 0.326 e. The van der Waals surface area contributed by atoms with Gasteiger partial charge in [-0.2, -0.15) is 5.10 Å². The third-order valence-corrected chi connectivity index (χ3v) is 4.23. The van der Waals surface area contributed by atoms with E-state index in [2.05, 4.69) is 18.9 Å². The summed E-state index contributed by atoms with van der Waals surface area (Å²) in [5.74, 6) is -0.973. The molecule has 0 bridgehead atoms. The molecule has 1 saturated heterocycles. The summed E-state index contributed by atoms with van der Waals surface area (Å²) in [5, 5.41) is 13.9. The second-order valence-electron chi connectivity index (χ2n) is 7.54. The van der Waals surface area contributed by atoms with Crippen LogP contribution in [0.5, 0.6) is 0 Å². The average molecular weight is 321 g/mol. The van der Waals surface area contributed by atoms with Gasteiger partial charge in [0, 0.05) is 12.2 Å². The van der Waals surface area contributed by atoms with E-state index in [1.165, 1.54) is 4.90 Å². The van der Waals surface area contributed by atoms with Gasteiger partial charge in [0.1, 0.15) is 6.04 Å². The highest BCUT2D eigenvalue weighted by Gasteiger charge is 2.34. The van der Waals surface area contributed by atoms with E-state index in [1.807, 2.05) is 31.5 Å². The number of rotatable bonds is 3. The minimum atomic E-state index is -0.933. The molecule has 0 spiro atoms. The Labute approximate surface area is 137 Å². The van der Waals surface area contributed by atoms with Crippen LogP contribution in [-0.2, 0) is 10.3 Å².